The van der Waals surface area contributed by atoms with Gasteiger partial charge in [0.15, 0.2) is 0 Å². The van der Waals surface area contributed by atoms with Crippen molar-refractivity contribution in [2.45, 2.75) is 46.2 Å². The lowest BCUT2D eigenvalue weighted by atomic mass is 9.85. The first-order chi connectivity index (χ1) is 9.62. The molecular formula is C15H24N2O3S. The second-order valence-electron chi connectivity index (χ2n) is 6.27. The Morgan fingerprint density at radius 2 is 2.05 bits per heavy atom. The Morgan fingerprint density at radius 3 is 2.48 bits per heavy atom. The van der Waals surface area contributed by atoms with E-state index in [-0.39, 0.29) is 23.9 Å². The number of thiophene rings is 1. The first-order valence-corrected chi connectivity index (χ1v) is 7.79. The van der Waals surface area contributed by atoms with Crippen molar-refractivity contribution < 1.29 is 14.7 Å². The number of aliphatic carboxylic acids is 1. The first-order valence-electron chi connectivity index (χ1n) is 6.91. The number of urea groups is 1. The van der Waals surface area contributed by atoms with Crippen molar-refractivity contribution in [3.63, 3.8) is 0 Å². The Hall–Kier alpha value is -1.56. The molecule has 1 rings (SSSR count). The molecule has 0 saturated heterocycles. The van der Waals surface area contributed by atoms with Crippen molar-refractivity contribution in [3.05, 3.63) is 22.4 Å². The molecule has 1 aromatic rings. The molecule has 5 nitrogen and oxygen atoms in total. The molecule has 0 aliphatic heterocycles. The highest BCUT2D eigenvalue weighted by atomic mass is 32.1. The van der Waals surface area contributed by atoms with Gasteiger partial charge in [0.05, 0.1) is 12.5 Å². The standard InChI is InChI=1S/C15H24N2O3S/c1-10(11-7-6-8-21-11)17(5)14(20)16-12(9-13(18)19)15(2,3)4/h6-8,10,12H,9H2,1-5H3,(H,16,20)(H,18,19). The third-order valence-electron chi connectivity index (χ3n) is 3.58. The lowest BCUT2D eigenvalue weighted by Crippen LogP contribution is -2.49. The molecule has 0 aliphatic carbocycles. The maximum absolute atomic E-state index is 12.3. The molecule has 2 N–H and O–H groups in total. The van der Waals surface area contributed by atoms with Crippen LogP contribution >= 0.6 is 11.3 Å². The summed E-state index contributed by atoms with van der Waals surface area (Å²) in [5.41, 5.74) is -0.318. The zero-order valence-corrected chi connectivity index (χ0v) is 14.0. The number of carboxylic acid groups (broad SMARTS) is 1. The second-order valence-corrected chi connectivity index (χ2v) is 7.25. The van der Waals surface area contributed by atoms with Crippen LogP contribution in [0.1, 0.15) is 45.0 Å². The predicted octanol–water partition coefficient (Wildman–Crippen LogP) is 3.34. The number of amides is 2. The lowest BCUT2D eigenvalue weighted by Gasteiger charge is -2.33. The van der Waals surface area contributed by atoms with Crippen LogP contribution in [0, 0.1) is 5.41 Å². The first kappa shape index (κ1) is 17.5. The minimum absolute atomic E-state index is 0.0459. The van der Waals surface area contributed by atoms with E-state index in [4.69, 9.17) is 5.11 Å². The number of nitrogens with one attached hydrogen (secondary N) is 1. The Bertz CT molecular complexity index is 480. The van der Waals surface area contributed by atoms with Crippen LogP contribution in [0.4, 0.5) is 4.79 Å². The van der Waals surface area contributed by atoms with E-state index in [2.05, 4.69) is 5.32 Å². The van der Waals surface area contributed by atoms with Crippen LogP contribution in [0.25, 0.3) is 0 Å². The van der Waals surface area contributed by atoms with Crippen molar-refractivity contribution >= 4 is 23.3 Å². The molecule has 0 fully saturated rings. The Kier molecular flexibility index (Phi) is 5.78. The number of hydrogen-bond acceptors (Lipinski definition) is 3. The quantitative estimate of drug-likeness (QED) is 0.876. The zero-order valence-electron chi connectivity index (χ0n) is 13.2. The lowest BCUT2D eigenvalue weighted by molar-refractivity contribution is -0.138. The van der Waals surface area contributed by atoms with Gasteiger partial charge in [0.1, 0.15) is 0 Å². The van der Waals surface area contributed by atoms with E-state index in [1.807, 2.05) is 45.2 Å². The SMILES string of the molecule is CC(c1cccs1)N(C)C(=O)NC(CC(=O)O)C(C)(C)C. The van der Waals surface area contributed by atoms with Crippen molar-refractivity contribution in [1.29, 1.82) is 0 Å². The van der Waals surface area contributed by atoms with Gasteiger partial charge in [-0.15, -0.1) is 11.3 Å². The average molecular weight is 312 g/mol. The van der Waals surface area contributed by atoms with Crippen LogP contribution < -0.4 is 5.32 Å². The fourth-order valence-corrected chi connectivity index (χ4v) is 2.72. The maximum Gasteiger partial charge on any atom is 0.317 e. The number of nitrogens with zero attached hydrogens (tertiary/aromatic N) is 1. The topological polar surface area (TPSA) is 69.6 Å². The summed E-state index contributed by atoms with van der Waals surface area (Å²) in [5.74, 6) is -0.913. The van der Waals surface area contributed by atoms with Gasteiger partial charge in [0, 0.05) is 18.0 Å². The van der Waals surface area contributed by atoms with E-state index >= 15 is 0 Å². The molecular weight excluding hydrogens is 288 g/mol. The van der Waals surface area contributed by atoms with Gasteiger partial charge in [0.25, 0.3) is 0 Å². The fraction of sp³-hybridized carbons (Fsp3) is 0.600. The highest BCUT2D eigenvalue weighted by Crippen LogP contribution is 2.25. The normalized spacial score (nSPS) is 14.3. The molecule has 2 amide bonds. The third-order valence-corrected chi connectivity index (χ3v) is 4.62. The Labute approximate surface area is 130 Å². The summed E-state index contributed by atoms with van der Waals surface area (Å²) in [5, 5.41) is 13.8. The van der Waals surface area contributed by atoms with Crippen LogP contribution in [0.2, 0.25) is 0 Å². The summed E-state index contributed by atoms with van der Waals surface area (Å²) >= 11 is 1.60. The maximum atomic E-state index is 12.3. The highest BCUT2D eigenvalue weighted by molar-refractivity contribution is 7.10. The smallest absolute Gasteiger partial charge is 0.317 e. The van der Waals surface area contributed by atoms with Crippen molar-refractivity contribution in [3.8, 4) is 0 Å². The summed E-state index contributed by atoms with van der Waals surface area (Å²) in [6, 6.07) is 3.22. The van der Waals surface area contributed by atoms with Gasteiger partial charge in [-0.25, -0.2) is 4.79 Å². The molecule has 0 bridgehead atoms. The van der Waals surface area contributed by atoms with Gasteiger partial charge in [-0.05, 0) is 23.8 Å². The van der Waals surface area contributed by atoms with Gasteiger partial charge >= 0.3 is 12.0 Å². The monoisotopic (exact) mass is 312 g/mol. The number of hydrogen-bond donors (Lipinski definition) is 2. The molecule has 0 spiro atoms. The summed E-state index contributed by atoms with van der Waals surface area (Å²) in [4.78, 5) is 26.0. The minimum atomic E-state index is -0.913. The average Bonchev–Trinajstić information content (AvgIpc) is 2.88. The summed E-state index contributed by atoms with van der Waals surface area (Å²) < 4.78 is 0. The number of carbonyl (C=O) groups excluding carboxylic acids is 1. The van der Waals surface area contributed by atoms with E-state index in [9.17, 15) is 9.59 Å². The number of carboxylic acids is 1. The second kappa shape index (κ2) is 6.93. The molecule has 2 atom stereocenters. The summed E-state index contributed by atoms with van der Waals surface area (Å²) in [7, 11) is 1.72. The van der Waals surface area contributed by atoms with Crippen molar-refractivity contribution in [1.82, 2.24) is 10.2 Å². The molecule has 21 heavy (non-hydrogen) atoms. The molecule has 1 heterocycles. The fourth-order valence-electron chi connectivity index (χ4n) is 1.89. The number of carbonyl (C=O) groups is 2. The van der Waals surface area contributed by atoms with E-state index in [1.165, 1.54) is 0 Å². The Balaban J connectivity index is 2.75. The largest absolute Gasteiger partial charge is 0.481 e. The van der Waals surface area contributed by atoms with E-state index in [0.717, 1.165) is 4.88 Å². The third kappa shape index (κ3) is 5.04. The van der Waals surface area contributed by atoms with E-state index in [1.54, 1.807) is 23.3 Å². The van der Waals surface area contributed by atoms with Crippen LogP contribution in [-0.4, -0.2) is 35.1 Å². The van der Waals surface area contributed by atoms with Gasteiger partial charge < -0.3 is 15.3 Å². The molecule has 0 saturated carbocycles. The predicted molar refractivity (Wildman–Crippen MR) is 84.5 cm³/mol. The van der Waals surface area contributed by atoms with Crippen molar-refractivity contribution in [2.75, 3.05) is 7.05 Å². The Morgan fingerprint density at radius 1 is 1.43 bits per heavy atom. The van der Waals surface area contributed by atoms with Gasteiger partial charge in [-0.2, -0.15) is 0 Å². The van der Waals surface area contributed by atoms with Gasteiger partial charge in [0.2, 0.25) is 0 Å². The molecule has 2 unspecified atom stereocenters. The summed E-state index contributed by atoms with van der Waals surface area (Å²) in [6.07, 6.45) is -0.0868. The van der Waals surface area contributed by atoms with E-state index in [0.29, 0.717) is 0 Å². The van der Waals surface area contributed by atoms with Crippen LogP contribution in [-0.2, 0) is 4.79 Å². The minimum Gasteiger partial charge on any atom is -0.481 e. The van der Waals surface area contributed by atoms with Crippen LogP contribution in [0.15, 0.2) is 17.5 Å². The molecule has 0 radical (unpaired) electrons. The summed E-state index contributed by atoms with van der Waals surface area (Å²) in [6.45, 7) is 7.71. The highest BCUT2D eigenvalue weighted by Gasteiger charge is 2.30. The number of rotatable bonds is 5. The van der Waals surface area contributed by atoms with Crippen LogP contribution in [0.3, 0.4) is 0 Å². The van der Waals surface area contributed by atoms with Crippen LogP contribution in [0.5, 0.6) is 0 Å². The molecule has 0 aromatic carbocycles. The molecule has 6 heteroatoms. The molecule has 1 aromatic heterocycles. The van der Waals surface area contributed by atoms with Gasteiger partial charge in [-0.3, -0.25) is 4.79 Å². The molecule has 0 aliphatic rings. The molecule has 118 valence electrons. The zero-order chi connectivity index (χ0) is 16.2. The van der Waals surface area contributed by atoms with Gasteiger partial charge in [-0.1, -0.05) is 26.8 Å². The van der Waals surface area contributed by atoms with E-state index < -0.39 is 12.0 Å². The van der Waals surface area contributed by atoms with Crippen molar-refractivity contribution in [2.24, 2.45) is 5.41 Å².